The number of rotatable bonds is 4. The highest BCUT2D eigenvalue weighted by atomic mass is 16.6. The first-order valence-electron chi connectivity index (χ1n) is 6.14. The van der Waals surface area contributed by atoms with Crippen molar-refractivity contribution in [3.8, 4) is 0 Å². The summed E-state index contributed by atoms with van der Waals surface area (Å²) in [4.78, 5) is 22.1. The molecule has 102 valence electrons. The van der Waals surface area contributed by atoms with Crippen LogP contribution in [0.15, 0.2) is 48.5 Å². The van der Waals surface area contributed by atoms with E-state index in [1.807, 2.05) is 31.2 Å². The van der Waals surface area contributed by atoms with Crippen LogP contribution < -0.4 is 5.32 Å². The summed E-state index contributed by atoms with van der Waals surface area (Å²) in [5, 5.41) is 13.4. The number of hydrogen-bond acceptors (Lipinski definition) is 3. The van der Waals surface area contributed by atoms with E-state index >= 15 is 0 Å². The molecular weight excluding hydrogens is 256 g/mol. The van der Waals surface area contributed by atoms with Crippen LogP contribution in [-0.2, 0) is 6.54 Å². The van der Waals surface area contributed by atoms with Gasteiger partial charge in [-0.3, -0.25) is 14.9 Å². The first kappa shape index (κ1) is 13.7. The maximum atomic E-state index is 11.9. The van der Waals surface area contributed by atoms with E-state index in [1.165, 1.54) is 18.2 Å². The lowest BCUT2D eigenvalue weighted by Gasteiger charge is -2.06. The average molecular weight is 270 g/mol. The Labute approximate surface area is 116 Å². The Morgan fingerprint density at radius 2 is 1.95 bits per heavy atom. The van der Waals surface area contributed by atoms with Crippen molar-refractivity contribution in [2.75, 3.05) is 0 Å². The molecule has 0 heterocycles. The largest absolute Gasteiger partial charge is 0.348 e. The van der Waals surface area contributed by atoms with Crippen molar-refractivity contribution in [1.29, 1.82) is 0 Å². The predicted molar refractivity (Wildman–Crippen MR) is 75.4 cm³/mol. The van der Waals surface area contributed by atoms with Gasteiger partial charge < -0.3 is 5.32 Å². The molecule has 2 rings (SSSR count). The number of aryl methyl sites for hydroxylation is 1. The Balaban J connectivity index is 2.05. The zero-order valence-electron chi connectivity index (χ0n) is 11.0. The van der Waals surface area contributed by atoms with E-state index in [4.69, 9.17) is 0 Å². The van der Waals surface area contributed by atoms with Gasteiger partial charge in [0.1, 0.15) is 0 Å². The van der Waals surface area contributed by atoms with E-state index in [0.717, 1.165) is 11.1 Å². The first-order chi connectivity index (χ1) is 9.56. The van der Waals surface area contributed by atoms with Gasteiger partial charge in [-0.1, -0.05) is 35.9 Å². The van der Waals surface area contributed by atoms with Crippen molar-refractivity contribution >= 4 is 11.6 Å². The van der Waals surface area contributed by atoms with E-state index in [2.05, 4.69) is 5.32 Å². The van der Waals surface area contributed by atoms with Gasteiger partial charge in [-0.2, -0.15) is 0 Å². The van der Waals surface area contributed by atoms with Gasteiger partial charge >= 0.3 is 0 Å². The summed E-state index contributed by atoms with van der Waals surface area (Å²) < 4.78 is 0. The van der Waals surface area contributed by atoms with Crippen molar-refractivity contribution in [2.45, 2.75) is 13.5 Å². The minimum absolute atomic E-state index is 0.0896. The van der Waals surface area contributed by atoms with Crippen molar-refractivity contribution in [3.63, 3.8) is 0 Å². The minimum Gasteiger partial charge on any atom is -0.348 e. The lowest BCUT2D eigenvalue weighted by molar-refractivity contribution is -0.384. The number of carbonyl (C=O) groups excluding carboxylic acids is 1. The lowest BCUT2D eigenvalue weighted by atomic mass is 10.1. The van der Waals surface area contributed by atoms with Gasteiger partial charge in [-0.05, 0) is 18.6 Å². The van der Waals surface area contributed by atoms with Crippen LogP contribution in [0.5, 0.6) is 0 Å². The van der Waals surface area contributed by atoms with E-state index in [1.54, 1.807) is 6.07 Å². The Bertz CT molecular complexity index is 653. The lowest BCUT2D eigenvalue weighted by Crippen LogP contribution is -2.22. The van der Waals surface area contributed by atoms with Gasteiger partial charge in [-0.15, -0.1) is 0 Å². The molecule has 0 unspecified atom stereocenters. The fourth-order valence-corrected chi connectivity index (χ4v) is 1.87. The summed E-state index contributed by atoms with van der Waals surface area (Å²) in [5.74, 6) is -0.324. The minimum atomic E-state index is -0.517. The number of nitrogens with one attached hydrogen (secondary N) is 1. The van der Waals surface area contributed by atoms with Crippen LogP contribution in [0.3, 0.4) is 0 Å². The summed E-state index contributed by atoms with van der Waals surface area (Å²) in [6, 6.07) is 13.5. The zero-order chi connectivity index (χ0) is 14.5. The molecule has 0 saturated heterocycles. The fraction of sp³-hybridized carbons (Fsp3) is 0.133. The number of nitro benzene ring substituents is 1. The smallest absolute Gasteiger partial charge is 0.270 e. The van der Waals surface area contributed by atoms with Crippen LogP contribution in [0.2, 0.25) is 0 Å². The second kappa shape index (κ2) is 5.97. The zero-order valence-corrected chi connectivity index (χ0v) is 11.0. The molecule has 0 bridgehead atoms. The van der Waals surface area contributed by atoms with E-state index in [0.29, 0.717) is 6.54 Å². The van der Waals surface area contributed by atoms with Crippen LogP contribution in [0.1, 0.15) is 21.5 Å². The topological polar surface area (TPSA) is 72.2 Å². The molecule has 5 nitrogen and oxygen atoms in total. The van der Waals surface area contributed by atoms with E-state index < -0.39 is 4.92 Å². The van der Waals surface area contributed by atoms with Crippen molar-refractivity contribution in [1.82, 2.24) is 5.32 Å². The third-order valence-electron chi connectivity index (χ3n) is 2.85. The fourth-order valence-electron chi connectivity index (χ4n) is 1.87. The number of nitrogens with zero attached hydrogens (tertiary/aromatic N) is 1. The van der Waals surface area contributed by atoms with Gasteiger partial charge in [0, 0.05) is 24.2 Å². The van der Waals surface area contributed by atoms with E-state index in [9.17, 15) is 14.9 Å². The SMILES string of the molecule is Cc1cccc(CNC(=O)c2cccc([N+](=O)[O-])c2)c1. The molecule has 0 aromatic heterocycles. The molecule has 0 aliphatic heterocycles. The predicted octanol–water partition coefficient (Wildman–Crippen LogP) is 2.83. The number of non-ortho nitro benzene ring substituents is 1. The molecule has 0 spiro atoms. The average Bonchev–Trinajstić information content (AvgIpc) is 2.45. The summed E-state index contributed by atoms with van der Waals surface area (Å²) in [6.07, 6.45) is 0. The normalized spacial score (nSPS) is 10.1. The highest BCUT2D eigenvalue weighted by Crippen LogP contribution is 2.13. The number of carbonyl (C=O) groups is 1. The number of benzene rings is 2. The van der Waals surface area contributed by atoms with Crippen LogP contribution in [-0.4, -0.2) is 10.8 Å². The Kier molecular flexibility index (Phi) is 4.10. The molecule has 2 aromatic rings. The highest BCUT2D eigenvalue weighted by Gasteiger charge is 2.11. The van der Waals surface area contributed by atoms with Crippen molar-refractivity contribution in [3.05, 3.63) is 75.3 Å². The van der Waals surface area contributed by atoms with Crippen LogP contribution in [0.4, 0.5) is 5.69 Å². The number of hydrogen-bond donors (Lipinski definition) is 1. The molecule has 0 atom stereocenters. The number of nitro groups is 1. The van der Waals surface area contributed by atoms with Crippen LogP contribution in [0, 0.1) is 17.0 Å². The third-order valence-corrected chi connectivity index (χ3v) is 2.85. The Morgan fingerprint density at radius 3 is 2.65 bits per heavy atom. The highest BCUT2D eigenvalue weighted by molar-refractivity contribution is 5.94. The summed E-state index contributed by atoms with van der Waals surface area (Å²) in [7, 11) is 0. The first-order valence-corrected chi connectivity index (χ1v) is 6.14. The molecule has 2 aromatic carbocycles. The van der Waals surface area contributed by atoms with Crippen molar-refractivity contribution < 1.29 is 9.72 Å². The van der Waals surface area contributed by atoms with Gasteiger partial charge in [0.15, 0.2) is 0 Å². The van der Waals surface area contributed by atoms with Crippen molar-refractivity contribution in [2.24, 2.45) is 0 Å². The van der Waals surface area contributed by atoms with E-state index in [-0.39, 0.29) is 17.2 Å². The van der Waals surface area contributed by atoms with Gasteiger partial charge in [-0.25, -0.2) is 0 Å². The molecular formula is C15H14N2O3. The Morgan fingerprint density at radius 1 is 1.20 bits per heavy atom. The third kappa shape index (κ3) is 3.41. The molecule has 0 radical (unpaired) electrons. The van der Waals surface area contributed by atoms with Gasteiger partial charge in [0.25, 0.3) is 11.6 Å². The quantitative estimate of drug-likeness (QED) is 0.685. The molecule has 0 saturated carbocycles. The second-order valence-corrected chi connectivity index (χ2v) is 4.48. The van der Waals surface area contributed by atoms with Gasteiger partial charge in [0.2, 0.25) is 0 Å². The summed E-state index contributed by atoms with van der Waals surface area (Å²) >= 11 is 0. The van der Waals surface area contributed by atoms with Crippen LogP contribution in [0.25, 0.3) is 0 Å². The Hall–Kier alpha value is -2.69. The summed E-state index contributed by atoms with van der Waals surface area (Å²) in [6.45, 7) is 2.37. The number of amides is 1. The monoisotopic (exact) mass is 270 g/mol. The standard InChI is InChI=1S/C15H14N2O3/c1-11-4-2-5-12(8-11)10-16-15(18)13-6-3-7-14(9-13)17(19)20/h2-9H,10H2,1H3,(H,16,18). The molecule has 1 amide bonds. The van der Waals surface area contributed by atoms with Gasteiger partial charge in [0.05, 0.1) is 4.92 Å². The van der Waals surface area contributed by atoms with Crippen LogP contribution >= 0.6 is 0 Å². The maximum absolute atomic E-state index is 11.9. The molecule has 20 heavy (non-hydrogen) atoms. The molecule has 0 aliphatic carbocycles. The maximum Gasteiger partial charge on any atom is 0.270 e. The molecule has 1 N–H and O–H groups in total. The molecule has 5 heteroatoms. The molecule has 0 aliphatic rings. The molecule has 0 fully saturated rings. The summed E-state index contributed by atoms with van der Waals surface area (Å²) in [5.41, 5.74) is 2.30. The second-order valence-electron chi connectivity index (χ2n) is 4.48.